The molecular formula is C18H18N4O. The van der Waals surface area contributed by atoms with Gasteiger partial charge in [-0.05, 0) is 42.2 Å². The van der Waals surface area contributed by atoms with E-state index in [0.717, 1.165) is 24.8 Å². The summed E-state index contributed by atoms with van der Waals surface area (Å²) in [4.78, 5) is 0. The molecule has 1 saturated heterocycles. The minimum atomic E-state index is 0.377. The molecule has 2 saturated carbocycles. The normalized spacial score (nSPS) is 25.0. The second-order valence-electron chi connectivity index (χ2n) is 7.36. The fraction of sp³-hybridized carbons (Fsp3) is 0.444. The second-order valence-corrected chi connectivity index (χ2v) is 7.36. The van der Waals surface area contributed by atoms with Gasteiger partial charge in [0.25, 0.3) is 0 Å². The summed E-state index contributed by atoms with van der Waals surface area (Å²) >= 11 is 0. The third kappa shape index (κ3) is 1.71. The molecule has 1 atom stereocenters. The Morgan fingerprint density at radius 1 is 1.13 bits per heavy atom. The smallest absolute Gasteiger partial charge is 0.103 e. The monoisotopic (exact) mass is 306 g/mol. The zero-order valence-electron chi connectivity index (χ0n) is 12.9. The highest BCUT2D eigenvalue weighted by Gasteiger charge is 2.62. The van der Waals surface area contributed by atoms with Crippen molar-refractivity contribution >= 4 is 10.9 Å². The standard InChI is InChI=1S/C18H18N4O/c1-2-13-7-20-22(14-8-19-21(9-14)15-10-23-11-15)17(13)5-12(1)16-6-18(16)3-4-18/h1-2,5,7-9,15-16H,3-4,6,10-11H2. The largest absolute Gasteiger partial charge is 0.377 e. The second kappa shape index (κ2) is 4.03. The zero-order valence-corrected chi connectivity index (χ0v) is 12.9. The van der Waals surface area contributed by atoms with E-state index in [1.165, 1.54) is 35.7 Å². The number of benzene rings is 1. The molecule has 23 heavy (non-hydrogen) atoms. The van der Waals surface area contributed by atoms with E-state index in [-0.39, 0.29) is 0 Å². The van der Waals surface area contributed by atoms with Crippen LogP contribution in [-0.2, 0) is 4.74 Å². The molecule has 0 bridgehead atoms. The summed E-state index contributed by atoms with van der Waals surface area (Å²) in [5.41, 5.74) is 4.39. The van der Waals surface area contributed by atoms with Crippen molar-refractivity contribution in [3.8, 4) is 5.69 Å². The van der Waals surface area contributed by atoms with Gasteiger partial charge in [0.15, 0.2) is 0 Å². The molecule has 3 aromatic rings. The van der Waals surface area contributed by atoms with Crippen molar-refractivity contribution in [3.63, 3.8) is 0 Å². The number of hydrogen-bond donors (Lipinski definition) is 0. The van der Waals surface area contributed by atoms with Crippen LogP contribution in [0.1, 0.15) is 36.8 Å². The average molecular weight is 306 g/mol. The van der Waals surface area contributed by atoms with Crippen LogP contribution >= 0.6 is 0 Å². The fourth-order valence-electron chi connectivity index (χ4n) is 4.00. The molecule has 3 fully saturated rings. The summed E-state index contributed by atoms with van der Waals surface area (Å²) in [5.74, 6) is 0.782. The molecular weight excluding hydrogens is 288 g/mol. The molecule has 0 amide bonds. The van der Waals surface area contributed by atoms with Crippen LogP contribution in [-0.4, -0.2) is 32.8 Å². The van der Waals surface area contributed by atoms with Gasteiger partial charge in [-0.25, -0.2) is 4.68 Å². The maximum atomic E-state index is 5.25. The Balaban J connectivity index is 1.41. The van der Waals surface area contributed by atoms with E-state index in [2.05, 4.69) is 34.6 Å². The predicted octanol–water partition coefficient (Wildman–Crippen LogP) is 3.06. The van der Waals surface area contributed by atoms with Crippen LogP contribution in [0.15, 0.2) is 36.8 Å². The maximum absolute atomic E-state index is 5.25. The zero-order chi connectivity index (χ0) is 15.0. The van der Waals surface area contributed by atoms with Crippen LogP contribution in [0.4, 0.5) is 0 Å². The number of ether oxygens (including phenoxy) is 1. The van der Waals surface area contributed by atoms with Crippen molar-refractivity contribution in [2.75, 3.05) is 13.2 Å². The number of fused-ring (bicyclic) bond motifs is 1. The van der Waals surface area contributed by atoms with Gasteiger partial charge < -0.3 is 4.74 Å². The molecule has 3 aliphatic rings. The summed E-state index contributed by atoms with van der Waals surface area (Å²) in [6, 6.07) is 7.22. The van der Waals surface area contributed by atoms with E-state index >= 15 is 0 Å². The van der Waals surface area contributed by atoms with Gasteiger partial charge in [0, 0.05) is 5.39 Å². The summed E-state index contributed by atoms with van der Waals surface area (Å²) in [5, 5.41) is 10.3. The number of nitrogens with zero attached hydrogens (tertiary/aromatic N) is 4. The Kier molecular flexibility index (Phi) is 2.16. The van der Waals surface area contributed by atoms with Crippen molar-refractivity contribution in [1.29, 1.82) is 0 Å². The SMILES string of the molecule is c1cc2cnn(-c3cnn(C4COC4)c3)c2cc1C1CC12CC2. The summed E-state index contributed by atoms with van der Waals surface area (Å²) in [6.07, 6.45) is 10.1. The Hall–Kier alpha value is -2.14. The Morgan fingerprint density at radius 2 is 2.04 bits per heavy atom. The maximum Gasteiger partial charge on any atom is 0.103 e. The Bertz CT molecular complexity index is 916. The lowest BCUT2D eigenvalue weighted by Crippen LogP contribution is -2.30. The summed E-state index contributed by atoms with van der Waals surface area (Å²) < 4.78 is 9.26. The molecule has 5 nitrogen and oxygen atoms in total. The van der Waals surface area contributed by atoms with E-state index in [0.29, 0.717) is 11.5 Å². The number of aromatic nitrogens is 4. The van der Waals surface area contributed by atoms with Gasteiger partial charge in [-0.15, -0.1) is 0 Å². The lowest BCUT2D eigenvalue weighted by molar-refractivity contribution is -0.0286. The first-order valence-electron chi connectivity index (χ1n) is 8.42. The molecule has 1 aromatic carbocycles. The van der Waals surface area contributed by atoms with E-state index < -0.39 is 0 Å². The van der Waals surface area contributed by atoms with Crippen LogP contribution in [0.25, 0.3) is 16.6 Å². The summed E-state index contributed by atoms with van der Waals surface area (Å²) in [7, 11) is 0. The van der Waals surface area contributed by atoms with Crippen LogP contribution in [0.2, 0.25) is 0 Å². The quantitative estimate of drug-likeness (QED) is 0.747. The van der Waals surface area contributed by atoms with E-state index in [1.807, 2.05) is 21.8 Å². The Labute approximate surface area is 133 Å². The molecule has 1 spiro atoms. The van der Waals surface area contributed by atoms with Crippen molar-refractivity contribution in [2.24, 2.45) is 5.41 Å². The molecule has 116 valence electrons. The highest BCUT2D eigenvalue weighted by atomic mass is 16.5. The van der Waals surface area contributed by atoms with Crippen LogP contribution in [0.5, 0.6) is 0 Å². The minimum absolute atomic E-state index is 0.377. The first-order chi connectivity index (χ1) is 11.3. The average Bonchev–Trinajstić information content (AvgIpc) is 3.32. The van der Waals surface area contributed by atoms with Gasteiger partial charge in [-0.1, -0.05) is 12.1 Å². The van der Waals surface area contributed by atoms with Crippen molar-refractivity contribution in [2.45, 2.75) is 31.2 Å². The van der Waals surface area contributed by atoms with Crippen molar-refractivity contribution < 1.29 is 4.74 Å². The van der Waals surface area contributed by atoms with Gasteiger partial charge in [0.05, 0.1) is 43.4 Å². The van der Waals surface area contributed by atoms with Gasteiger partial charge in [-0.2, -0.15) is 10.2 Å². The van der Waals surface area contributed by atoms with Gasteiger partial charge in [0.1, 0.15) is 5.69 Å². The Morgan fingerprint density at radius 3 is 2.78 bits per heavy atom. The molecule has 3 heterocycles. The molecule has 2 aliphatic carbocycles. The lowest BCUT2D eigenvalue weighted by Gasteiger charge is -2.25. The topological polar surface area (TPSA) is 44.9 Å². The lowest BCUT2D eigenvalue weighted by atomic mass is 10.1. The molecule has 0 radical (unpaired) electrons. The highest BCUT2D eigenvalue weighted by molar-refractivity contribution is 5.81. The van der Waals surface area contributed by atoms with Crippen LogP contribution in [0, 0.1) is 5.41 Å². The highest BCUT2D eigenvalue weighted by Crippen LogP contribution is 2.75. The number of hydrogen-bond acceptors (Lipinski definition) is 3. The van der Waals surface area contributed by atoms with E-state index in [9.17, 15) is 0 Å². The van der Waals surface area contributed by atoms with Gasteiger partial charge in [-0.3, -0.25) is 4.68 Å². The molecule has 0 N–H and O–H groups in total. The molecule has 1 unspecified atom stereocenters. The molecule has 6 rings (SSSR count). The fourth-order valence-corrected chi connectivity index (χ4v) is 4.00. The number of rotatable bonds is 3. The first kappa shape index (κ1) is 12.3. The molecule has 5 heteroatoms. The third-order valence-corrected chi connectivity index (χ3v) is 5.91. The van der Waals surface area contributed by atoms with Crippen LogP contribution < -0.4 is 0 Å². The van der Waals surface area contributed by atoms with Crippen molar-refractivity contribution in [1.82, 2.24) is 19.6 Å². The molecule has 2 aromatic heterocycles. The van der Waals surface area contributed by atoms with Gasteiger partial charge >= 0.3 is 0 Å². The predicted molar refractivity (Wildman–Crippen MR) is 85.7 cm³/mol. The van der Waals surface area contributed by atoms with Crippen LogP contribution in [0.3, 0.4) is 0 Å². The van der Waals surface area contributed by atoms with E-state index in [4.69, 9.17) is 4.74 Å². The summed E-state index contributed by atoms with van der Waals surface area (Å²) in [6.45, 7) is 1.52. The van der Waals surface area contributed by atoms with Crippen molar-refractivity contribution in [3.05, 3.63) is 42.4 Å². The molecule has 1 aliphatic heterocycles. The third-order valence-electron chi connectivity index (χ3n) is 5.91. The van der Waals surface area contributed by atoms with E-state index in [1.54, 1.807) is 0 Å². The first-order valence-corrected chi connectivity index (χ1v) is 8.42. The van der Waals surface area contributed by atoms with Gasteiger partial charge in [0.2, 0.25) is 0 Å². The minimum Gasteiger partial charge on any atom is -0.377 e.